The summed E-state index contributed by atoms with van der Waals surface area (Å²) in [7, 11) is 1.55. The minimum absolute atomic E-state index is 0.236. The second-order valence-corrected chi connectivity index (χ2v) is 3.35. The molecule has 0 unspecified atom stereocenters. The van der Waals surface area contributed by atoms with Gasteiger partial charge in [-0.2, -0.15) is 0 Å². The highest BCUT2D eigenvalue weighted by Gasteiger charge is 1.97. The maximum absolute atomic E-state index is 10.9. The average molecular weight is 234 g/mol. The zero-order chi connectivity index (χ0) is 12.7. The van der Waals surface area contributed by atoms with Crippen LogP contribution in [-0.4, -0.2) is 24.2 Å². The van der Waals surface area contributed by atoms with E-state index >= 15 is 0 Å². The molecule has 1 aromatic carbocycles. The normalized spacial score (nSPS) is 10.2. The fraction of sp³-hybridized carbons (Fsp3) is 0.167. The Hall–Kier alpha value is -2.30. The number of carbonyl (C=O) groups is 2. The number of benzene rings is 1. The fourth-order valence-corrected chi connectivity index (χ4v) is 1.18. The van der Waals surface area contributed by atoms with Crippen LogP contribution >= 0.6 is 0 Å². The lowest BCUT2D eigenvalue weighted by atomic mass is 10.1. The van der Waals surface area contributed by atoms with E-state index in [1.54, 1.807) is 19.2 Å². The van der Waals surface area contributed by atoms with Crippen LogP contribution in [-0.2, 0) is 11.3 Å². The molecule has 2 amide bonds. The van der Waals surface area contributed by atoms with Crippen molar-refractivity contribution in [3.8, 4) is 0 Å². The third-order valence-corrected chi connectivity index (χ3v) is 2.08. The van der Waals surface area contributed by atoms with Crippen molar-refractivity contribution in [2.75, 3.05) is 7.05 Å². The Morgan fingerprint density at radius 3 is 2.47 bits per heavy atom. The number of urea groups is 1. The number of carbonyl (C=O) groups excluding carboxylic acids is 1. The van der Waals surface area contributed by atoms with Crippen LogP contribution in [0.4, 0.5) is 4.79 Å². The van der Waals surface area contributed by atoms with Crippen molar-refractivity contribution in [1.29, 1.82) is 0 Å². The first-order valence-corrected chi connectivity index (χ1v) is 5.07. The lowest BCUT2D eigenvalue weighted by molar-refractivity contribution is -0.131. The molecule has 5 nitrogen and oxygen atoms in total. The average Bonchev–Trinajstić information content (AvgIpc) is 2.34. The molecule has 0 radical (unpaired) electrons. The second kappa shape index (κ2) is 6.32. The molecule has 90 valence electrons. The minimum Gasteiger partial charge on any atom is -0.478 e. The lowest BCUT2D eigenvalue weighted by Gasteiger charge is -2.04. The molecule has 1 rings (SSSR count). The predicted octanol–water partition coefficient (Wildman–Crippen LogP) is 1.21. The van der Waals surface area contributed by atoms with Crippen molar-refractivity contribution in [2.24, 2.45) is 0 Å². The van der Waals surface area contributed by atoms with E-state index < -0.39 is 5.97 Å². The molecule has 0 saturated carbocycles. The first-order valence-electron chi connectivity index (χ1n) is 5.07. The Morgan fingerprint density at radius 2 is 1.94 bits per heavy atom. The van der Waals surface area contributed by atoms with Gasteiger partial charge in [-0.25, -0.2) is 9.59 Å². The van der Waals surface area contributed by atoms with Crippen molar-refractivity contribution in [3.63, 3.8) is 0 Å². The number of aliphatic carboxylic acids is 1. The summed E-state index contributed by atoms with van der Waals surface area (Å²) < 4.78 is 0. The molecule has 0 aliphatic rings. The molecule has 1 aromatic rings. The molecule has 0 aromatic heterocycles. The molecular formula is C12H14N2O3. The summed E-state index contributed by atoms with van der Waals surface area (Å²) in [5.74, 6) is -0.977. The Kier molecular flexibility index (Phi) is 4.75. The fourth-order valence-electron chi connectivity index (χ4n) is 1.18. The van der Waals surface area contributed by atoms with Crippen LogP contribution in [0.2, 0.25) is 0 Å². The highest BCUT2D eigenvalue weighted by molar-refractivity contribution is 5.85. The standard InChI is InChI=1S/C12H14N2O3/c1-13-12(17)14-8-10-4-2-9(3-5-10)6-7-11(15)16/h2-7H,8H2,1H3,(H,15,16)(H2,13,14,17)/b7-6+. The zero-order valence-corrected chi connectivity index (χ0v) is 9.43. The molecule has 0 spiro atoms. The van der Waals surface area contributed by atoms with Crippen molar-refractivity contribution in [1.82, 2.24) is 10.6 Å². The van der Waals surface area contributed by atoms with Crippen molar-refractivity contribution < 1.29 is 14.7 Å². The third kappa shape index (κ3) is 4.83. The van der Waals surface area contributed by atoms with Gasteiger partial charge in [0.2, 0.25) is 0 Å². The van der Waals surface area contributed by atoms with E-state index in [9.17, 15) is 9.59 Å². The van der Waals surface area contributed by atoms with Crippen LogP contribution in [0.1, 0.15) is 11.1 Å². The van der Waals surface area contributed by atoms with Crippen molar-refractivity contribution in [2.45, 2.75) is 6.54 Å². The summed E-state index contributed by atoms with van der Waals surface area (Å²) in [6.45, 7) is 0.433. The number of nitrogens with one attached hydrogen (secondary N) is 2. The van der Waals surface area contributed by atoms with Gasteiger partial charge in [-0.15, -0.1) is 0 Å². The molecular weight excluding hydrogens is 220 g/mol. The van der Waals surface area contributed by atoms with Gasteiger partial charge in [0.05, 0.1) is 0 Å². The second-order valence-electron chi connectivity index (χ2n) is 3.35. The zero-order valence-electron chi connectivity index (χ0n) is 9.43. The maximum atomic E-state index is 10.9. The van der Waals surface area contributed by atoms with E-state index in [2.05, 4.69) is 10.6 Å². The van der Waals surface area contributed by atoms with Crippen LogP contribution in [0.25, 0.3) is 6.08 Å². The van der Waals surface area contributed by atoms with E-state index in [0.717, 1.165) is 17.2 Å². The van der Waals surface area contributed by atoms with Crippen LogP contribution < -0.4 is 10.6 Å². The number of carboxylic acid groups (broad SMARTS) is 1. The molecule has 0 aliphatic heterocycles. The van der Waals surface area contributed by atoms with E-state index in [0.29, 0.717) is 6.54 Å². The molecule has 5 heteroatoms. The molecule has 0 atom stereocenters. The Balaban J connectivity index is 2.56. The predicted molar refractivity (Wildman–Crippen MR) is 64.4 cm³/mol. The van der Waals surface area contributed by atoms with Gasteiger partial charge in [-0.3, -0.25) is 0 Å². The molecule has 0 heterocycles. The number of amides is 2. The molecule has 0 saturated heterocycles. The van der Waals surface area contributed by atoms with Crippen molar-refractivity contribution in [3.05, 3.63) is 41.5 Å². The number of rotatable bonds is 4. The number of hydrogen-bond acceptors (Lipinski definition) is 2. The van der Waals surface area contributed by atoms with Gasteiger partial charge in [0, 0.05) is 19.7 Å². The van der Waals surface area contributed by atoms with Gasteiger partial charge < -0.3 is 15.7 Å². The molecule has 17 heavy (non-hydrogen) atoms. The highest BCUT2D eigenvalue weighted by Crippen LogP contribution is 2.06. The Labute approximate surface area is 99.1 Å². The van der Waals surface area contributed by atoms with E-state index in [-0.39, 0.29) is 6.03 Å². The Morgan fingerprint density at radius 1 is 1.29 bits per heavy atom. The molecule has 0 aliphatic carbocycles. The maximum Gasteiger partial charge on any atom is 0.328 e. The summed E-state index contributed by atoms with van der Waals surface area (Å²) in [4.78, 5) is 21.2. The monoisotopic (exact) mass is 234 g/mol. The van der Waals surface area contributed by atoms with E-state index in [1.165, 1.54) is 6.08 Å². The van der Waals surface area contributed by atoms with Gasteiger partial charge in [-0.05, 0) is 17.2 Å². The van der Waals surface area contributed by atoms with E-state index in [4.69, 9.17) is 5.11 Å². The number of hydrogen-bond donors (Lipinski definition) is 3. The van der Waals surface area contributed by atoms with Gasteiger partial charge in [0.25, 0.3) is 0 Å². The summed E-state index contributed by atoms with van der Waals surface area (Å²) in [6, 6.07) is 7.01. The summed E-state index contributed by atoms with van der Waals surface area (Å²) >= 11 is 0. The van der Waals surface area contributed by atoms with Gasteiger partial charge in [0.1, 0.15) is 0 Å². The molecule has 0 fully saturated rings. The van der Waals surface area contributed by atoms with E-state index in [1.807, 2.05) is 12.1 Å². The molecule has 0 bridgehead atoms. The van der Waals surface area contributed by atoms with Gasteiger partial charge in [-0.1, -0.05) is 24.3 Å². The topological polar surface area (TPSA) is 78.4 Å². The minimum atomic E-state index is -0.977. The van der Waals surface area contributed by atoms with Gasteiger partial charge in [0.15, 0.2) is 0 Å². The van der Waals surface area contributed by atoms with Crippen LogP contribution in [0, 0.1) is 0 Å². The SMILES string of the molecule is CNC(=O)NCc1ccc(/C=C/C(=O)O)cc1. The summed E-state index contributed by atoms with van der Waals surface area (Å²) in [5, 5.41) is 13.6. The van der Waals surface area contributed by atoms with Crippen molar-refractivity contribution >= 4 is 18.1 Å². The molecule has 3 N–H and O–H groups in total. The third-order valence-electron chi connectivity index (χ3n) is 2.08. The lowest BCUT2D eigenvalue weighted by Crippen LogP contribution is -2.32. The first kappa shape index (κ1) is 12.8. The summed E-state index contributed by atoms with van der Waals surface area (Å²) in [5.41, 5.74) is 1.75. The van der Waals surface area contributed by atoms with Crippen LogP contribution in [0.3, 0.4) is 0 Å². The quantitative estimate of drug-likeness (QED) is 0.685. The van der Waals surface area contributed by atoms with Crippen LogP contribution in [0.15, 0.2) is 30.3 Å². The van der Waals surface area contributed by atoms with Gasteiger partial charge >= 0.3 is 12.0 Å². The smallest absolute Gasteiger partial charge is 0.328 e. The van der Waals surface area contributed by atoms with Crippen LogP contribution in [0.5, 0.6) is 0 Å². The first-order chi connectivity index (χ1) is 8.11. The number of carboxylic acids is 1. The highest BCUT2D eigenvalue weighted by atomic mass is 16.4. The largest absolute Gasteiger partial charge is 0.478 e. The summed E-state index contributed by atoms with van der Waals surface area (Å²) in [6.07, 6.45) is 2.59. The Bertz CT molecular complexity index is 424.